The summed E-state index contributed by atoms with van der Waals surface area (Å²) >= 11 is 0. The largest absolute Gasteiger partial charge is 0.490 e. The fourth-order valence-corrected chi connectivity index (χ4v) is 3.63. The fourth-order valence-electron chi connectivity index (χ4n) is 3.63. The van der Waals surface area contributed by atoms with E-state index in [2.05, 4.69) is 17.2 Å². The Morgan fingerprint density at radius 2 is 2.00 bits per heavy atom. The number of pyridine rings is 1. The van der Waals surface area contributed by atoms with Crippen molar-refractivity contribution in [2.45, 2.75) is 37.6 Å². The predicted molar refractivity (Wildman–Crippen MR) is 108 cm³/mol. The topological polar surface area (TPSA) is 69.4 Å². The van der Waals surface area contributed by atoms with E-state index in [1.165, 1.54) is 12.1 Å². The van der Waals surface area contributed by atoms with Gasteiger partial charge in [-0.2, -0.15) is 0 Å². The maximum absolute atomic E-state index is 13.3. The molecule has 1 aromatic heterocycles. The Hall–Kier alpha value is -2.02. The summed E-state index contributed by atoms with van der Waals surface area (Å²) in [6.07, 6.45) is 6.30. The molecule has 0 aliphatic carbocycles. The highest BCUT2D eigenvalue weighted by atomic mass is 19.1. The minimum absolute atomic E-state index is 0.0497. The second kappa shape index (κ2) is 9.96. The van der Waals surface area contributed by atoms with Crippen LogP contribution in [0.4, 0.5) is 4.39 Å². The molecule has 6 heteroatoms. The van der Waals surface area contributed by atoms with Gasteiger partial charge in [0.05, 0.1) is 12.2 Å². The van der Waals surface area contributed by atoms with Crippen LogP contribution in [0.25, 0.3) is 0 Å². The molecule has 1 atom stereocenters. The summed E-state index contributed by atoms with van der Waals surface area (Å²) in [6, 6.07) is 8.71. The van der Waals surface area contributed by atoms with Crippen molar-refractivity contribution in [1.29, 1.82) is 0 Å². The lowest BCUT2D eigenvalue weighted by molar-refractivity contribution is 0.0497. The number of nitrogens with two attached hydrogens (primary N) is 1. The van der Waals surface area contributed by atoms with E-state index in [4.69, 9.17) is 15.2 Å². The monoisotopic (exact) mass is 387 g/mol. The predicted octanol–water partition coefficient (Wildman–Crippen LogP) is 2.83. The van der Waals surface area contributed by atoms with Gasteiger partial charge in [0.1, 0.15) is 18.2 Å². The van der Waals surface area contributed by atoms with Gasteiger partial charge in [-0.05, 0) is 48.6 Å². The Morgan fingerprint density at radius 1 is 1.25 bits per heavy atom. The summed E-state index contributed by atoms with van der Waals surface area (Å²) in [5, 5.41) is 3.50. The van der Waals surface area contributed by atoms with Gasteiger partial charge in [-0.25, -0.2) is 4.39 Å². The maximum Gasteiger partial charge on any atom is 0.137 e. The molecule has 5 nitrogen and oxygen atoms in total. The molecule has 0 saturated carbocycles. The molecule has 1 aromatic carbocycles. The van der Waals surface area contributed by atoms with Gasteiger partial charge in [-0.3, -0.25) is 4.98 Å². The lowest BCUT2D eigenvalue weighted by Gasteiger charge is -2.38. The zero-order valence-corrected chi connectivity index (χ0v) is 16.5. The number of hydrogen-bond acceptors (Lipinski definition) is 5. The number of halogens is 1. The van der Waals surface area contributed by atoms with E-state index in [9.17, 15) is 4.39 Å². The Morgan fingerprint density at radius 3 is 2.71 bits per heavy atom. The van der Waals surface area contributed by atoms with Crippen LogP contribution in [0, 0.1) is 5.82 Å². The third-order valence-corrected chi connectivity index (χ3v) is 5.42. The van der Waals surface area contributed by atoms with Gasteiger partial charge in [0.25, 0.3) is 0 Å². The standard InChI is InChI=1S/C22H30FN3O2/c1-2-17-11-21(14-25-12-17)28-15-20(24)13-26-16-22(7-9-27-10-8-22)18-3-5-19(23)6-4-18/h3-6,11-12,14,20,26H,2,7-10,13,15-16,24H2,1H3/t20-/m0/s1. The van der Waals surface area contributed by atoms with Crippen LogP contribution in [0.15, 0.2) is 42.7 Å². The van der Waals surface area contributed by atoms with Crippen molar-refractivity contribution >= 4 is 0 Å². The summed E-state index contributed by atoms with van der Waals surface area (Å²) in [4.78, 5) is 4.19. The van der Waals surface area contributed by atoms with Crippen molar-refractivity contribution in [1.82, 2.24) is 10.3 Å². The van der Waals surface area contributed by atoms with Crippen molar-refractivity contribution in [2.75, 3.05) is 32.9 Å². The number of rotatable bonds is 9. The SMILES string of the molecule is CCc1cncc(OC[C@@H](N)CNCC2(c3ccc(F)cc3)CCOCC2)c1. The fraction of sp³-hybridized carbons (Fsp3) is 0.500. The molecule has 3 N–H and O–H groups in total. The molecule has 2 heterocycles. The third-order valence-electron chi connectivity index (χ3n) is 5.42. The Bertz CT molecular complexity index is 733. The zero-order valence-electron chi connectivity index (χ0n) is 16.5. The summed E-state index contributed by atoms with van der Waals surface area (Å²) < 4.78 is 24.7. The molecule has 152 valence electrons. The first-order chi connectivity index (χ1) is 13.6. The van der Waals surface area contributed by atoms with Crippen LogP contribution in [0.5, 0.6) is 5.75 Å². The average molecular weight is 387 g/mol. The Labute approximate surface area is 166 Å². The van der Waals surface area contributed by atoms with Crippen LogP contribution in [0.3, 0.4) is 0 Å². The van der Waals surface area contributed by atoms with Crippen LogP contribution in [-0.2, 0) is 16.6 Å². The van der Waals surface area contributed by atoms with Gasteiger partial charge in [-0.15, -0.1) is 0 Å². The van der Waals surface area contributed by atoms with Crippen molar-refractivity contribution in [3.05, 3.63) is 59.7 Å². The summed E-state index contributed by atoms with van der Waals surface area (Å²) in [6.45, 7) is 5.37. The number of aryl methyl sites for hydroxylation is 1. The molecule has 1 aliphatic rings. The summed E-state index contributed by atoms with van der Waals surface area (Å²) in [5.74, 6) is 0.543. The molecule has 2 aromatic rings. The highest BCUT2D eigenvalue weighted by Gasteiger charge is 2.34. The molecule has 0 bridgehead atoms. The van der Waals surface area contributed by atoms with Crippen molar-refractivity contribution in [3.63, 3.8) is 0 Å². The molecule has 0 unspecified atom stereocenters. The Balaban J connectivity index is 1.51. The number of benzene rings is 1. The lowest BCUT2D eigenvalue weighted by atomic mass is 9.74. The van der Waals surface area contributed by atoms with E-state index in [0.717, 1.165) is 55.9 Å². The van der Waals surface area contributed by atoms with Crippen LogP contribution in [0.2, 0.25) is 0 Å². The van der Waals surface area contributed by atoms with Gasteiger partial charge >= 0.3 is 0 Å². The number of aromatic nitrogens is 1. The molecular formula is C22H30FN3O2. The third kappa shape index (κ3) is 5.50. The van der Waals surface area contributed by atoms with E-state index in [0.29, 0.717) is 13.2 Å². The minimum atomic E-state index is -0.209. The minimum Gasteiger partial charge on any atom is -0.490 e. The molecule has 28 heavy (non-hydrogen) atoms. The number of nitrogens with one attached hydrogen (secondary N) is 1. The van der Waals surface area contributed by atoms with Gasteiger partial charge in [0, 0.05) is 37.9 Å². The van der Waals surface area contributed by atoms with Crippen LogP contribution >= 0.6 is 0 Å². The highest BCUT2D eigenvalue weighted by molar-refractivity contribution is 5.27. The maximum atomic E-state index is 13.3. The van der Waals surface area contributed by atoms with E-state index < -0.39 is 0 Å². The molecule has 1 aliphatic heterocycles. The molecule has 3 rings (SSSR count). The van der Waals surface area contributed by atoms with Gasteiger partial charge in [0.2, 0.25) is 0 Å². The molecule has 0 amide bonds. The second-order valence-corrected chi connectivity index (χ2v) is 7.48. The second-order valence-electron chi connectivity index (χ2n) is 7.48. The average Bonchev–Trinajstić information content (AvgIpc) is 2.73. The smallest absolute Gasteiger partial charge is 0.137 e. The van der Waals surface area contributed by atoms with Crippen LogP contribution in [0.1, 0.15) is 30.9 Å². The Kier molecular flexibility index (Phi) is 7.36. The first-order valence-electron chi connectivity index (χ1n) is 9.98. The lowest BCUT2D eigenvalue weighted by Crippen LogP contribution is -2.47. The normalized spacial score (nSPS) is 17.2. The highest BCUT2D eigenvalue weighted by Crippen LogP contribution is 2.34. The van der Waals surface area contributed by atoms with Gasteiger partial charge in [0.15, 0.2) is 0 Å². The molecule has 0 radical (unpaired) electrons. The van der Waals surface area contributed by atoms with E-state index in [1.807, 2.05) is 24.4 Å². The molecular weight excluding hydrogens is 357 g/mol. The quantitative estimate of drug-likeness (QED) is 0.692. The van der Waals surface area contributed by atoms with E-state index in [-0.39, 0.29) is 17.3 Å². The van der Waals surface area contributed by atoms with Crippen LogP contribution < -0.4 is 15.8 Å². The number of hydrogen-bond donors (Lipinski definition) is 2. The molecule has 1 fully saturated rings. The van der Waals surface area contributed by atoms with Crippen molar-refractivity contribution in [3.8, 4) is 5.75 Å². The van der Waals surface area contributed by atoms with Gasteiger partial charge < -0.3 is 20.5 Å². The number of ether oxygens (including phenoxy) is 2. The summed E-state index contributed by atoms with van der Waals surface area (Å²) in [5.41, 5.74) is 8.47. The molecule has 0 spiro atoms. The van der Waals surface area contributed by atoms with E-state index >= 15 is 0 Å². The first-order valence-corrected chi connectivity index (χ1v) is 9.98. The number of nitrogens with zero attached hydrogens (tertiary/aromatic N) is 1. The summed E-state index contributed by atoms with van der Waals surface area (Å²) in [7, 11) is 0. The van der Waals surface area contributed by atoms with E-state index in [1.54, 1.807) is 6.20 Å². The van der Waals surface area contributed by atoms with Crippen molar-refractivity contribution in [2.24, 2.45) is 5.73 Å². The first kappa shape index (κ1) is 20.7. The van der Waals surface area contributed by atoms with Crippen LogP contribution in [-0.4, -0.2) is 43.9 Å². The molecule has 1 saturated heterocycles. The van der Waals surface area contributed by atoms with Crippen molar-refractivity contribution < 1.29 is 13.9 Å². The zero-order chi connectivity index (χ0) is 19.8. The van der Waals surface area contributed by atoms with Gasteiger partial charge in [-0.1, -0.05) is 19.1 Å².